The number of amides is 1. The highest BCUT2D eigenvalue weighted by Gasteiger charge is 2.14. The van der Waals surface area contributed by atoms with Crippen LogP contribution >= 0.6 is 39.0 Å². The zero-order valence-corrected chi connectivity index (χ0v) is 12.9. The summed E-state index contributed by atoms with van der Waals surface area (Å²) in [5.41, 5.74) is 1.12. The van der Waals surface area contributed by atoms with Crippen molar-refractivity contribution in [1.29, 1.82) is 0 Å². The molecule has 1 rings (SSSR count). The van der Waals surface area contributed by atoms with Crippen LogP contribution in [0.1, 0.15) is 28.6 Å². The highest BCUT2D eigenvalue weighted by Crippen LogP contribution is 2.27. The first-order valence-electron chi connectivity index (χ1n) is 5.14. The van der Waals surface area contributed by atoms with E-state index in [1.165, 1.54) is 11.3 Å². The van der Waals surface area contributed by atoms with Gasteiger partial charge in [0.2, 0.25) is 0 Å². The fourth-order valence-corrected chi connectivity index (χ4v) is 3.45. The number of halogens is 1. The Balaban J connectivity index is 2.64. The molecule has 0 bridgehead atoms. The van der Waals surface area contributed by atoms with E-state index in [2.05, 4.69) is 34.4 Å². The fraction of sp³-hybridized carbons (Fsp3) is 0.545. The van der Waals surface area contributed by atoms with Crippen molar-refractivity contribution in [1.82, 2.24) is 5.32 Å². The zero-order valence-electron chi connectivity index (χ0n) is 9.67. The first-order chi connectivity index (χ1) is 7.58. The second-order valence-corrected chi connectivity index (χ2v) is 6.88. The van der Waals surface area contributed by atoms with Crippen LogP contribution in [-0.2, 0) is 0 Å². The SMILES string of the molecule is CCC(CSC)NC(=O)c1cc(C)c(Br)s1. The first kappa shape index (κ1) is 14.1. The first-order valence-corrected chi connectivity index (χ1v) is 8.14. The van der Waals surface area contributed by atoms with E-state index in [-0.39, 0.29) is 11.9 Å². The van der Waals surface area contributed by atoms with Gasteiger partial charge in [0, 0.05) is 11.8 Å². The number of thiophene rings is 1. The van der Waals surface area contributed by atoms with Gasteiger partial charge in [0.25, 0.3) is 5.91 Å². The number of thioether (sulfide) groups is 1. The van der Waals surface area contributed by atoms with Gasteiger partial charge in [-0.1, -0.05) is 6.92 Å². The lowest BCUT2D eigenvalue weighted by Crippen LogP contribution is -2.35. The number of nitrogens with one attached hydrogen (secondary N) is 1. The fourth-order valence-electron chi connectivity index (χ4n) is 1.29. The van der Waals surface area contributed by atoms with Gasteiger partial charge >= 0.3 is 0 Å². The molecule has 1 atom stereocenters. The minimum Gasteiger partial charge on any atom is -0.348 e. The number of carbonyl (C=O) groups is 1. The highest BCUT2D eigenvalue weighted by molar-refractivity contribution is 9.11. The Bertz CT molecular complexity index is 345. The Morgan fingerprint density at radius 3 is 2.81 bits per heavy atom. The van der Waals surface area contributed by atoms with Crippen molar-refractivity contribution in [2.75, 3.05) is 12.0 Å². The van der Waals surface area contributed by atoms with Crippen molar-refractivity contribution in [3.05, 3.63) is 20.3 Å². The van der Waals surface area contributed by atoms with E-state index in [4.69, 9.17) is 0 Å². The van der Waals surface area contributed by atoms with E-state index in [1.54, 1.807) is 11.8 Å². The topological polar surface area (TPSA) is 29.1 Å². The molecule has 2 nitrogen and oxygen atoms in total. The quantitative estimate of drug-likeness (QED) is 0.896. The highest BCUT2D eigenvalue weighted by atomic mass is 79.9. The van der Waals surface area contributed by atoms with Gasteiger partial charge in [0.15, 0.2) is 0 Å². The van der Waals surface area contributed by atoms with Gasteiger partial charge in [-0.15, -0.1) is 11.3 Å². The predicted molar refractivity (Wildman–Crippen MR) is 76.7 cm³/mol. The monoisotopic (exact) mass is 321 g/mol. The second-order valence-electron chi connectivity index (χ2n) is 3.60. The van der Waals surface area contributed by atoms with Crippen molar-refractivity contribution in [3.63, 3.8) is 0 Å². The third-order valence-electron chi connectivity index (χ3n) is 2.28. The van der Waals surface area contributed by atoms with Crippen LogP contribution in [0.2, 0.25) is 0 Å². The Kier molecular flexibility index (Phi) is 5.86. The molecule has 1 heterocycles. The van der Waals surface area contributed by atoms with Gasteiger partial charge in [0.05, 0.1) is 8.66 Å². The van der Waals surface area contributed by atoms with E-state index in [9.17, 15) is 4.79 Å². The molecule has 0 fully saturated rings. The molecule has 0 aliphatic heterocycles. The molecule has 0 saturated carbocycles. The molecule has 1 N–H and O–H groups in total. The van der Waals surface area contributed by atoms with E-state index in [1.807, 2.05) is 13.0 Å². The normalized spacial score (nSPS) is 12.5. The molecule has 1 aromatic rings. The molecule has 0 aromatic carbocycles. The molecule has 1 aromatic heterocycles. The van der Waals surface area contributed by atoms with Gasteiger partial charge in [0.1, 0.15) is 0 Å². The molecule has 0 aliphatic carbocycles. The van der Waals surface area contributed by atoms with Gasteiger partial charge in [-0.3, -0.25) is 4.79 Å². The largest absolute Gasteiger partial charge is 0.348 e. The van der Waals surface area contributed by atoms with Crippen LogP contribution in [-0.4, -0.2) is 24.0 Å². The molecule has 5 heteroatoms. The summed E-state index contributed by atoms with van der Waals surface area (Å²) in [6.45, 7) is 4.09. The standard InChI is InChI=1S/C11H16BrNOS2/c1-4-8(6-15-3)13-11(14)9-5-7(2)10(12)16-9/h5,8H,4,6H2,1-3H3,(H,13,14). The van der Waals surface area contributed by atoms with Crippen molar-refractivity contribution in [2.24, 2.45) is 0 Å². The van der Waals surface area contributed by atoms with Crippen molar-refractivity contribution in [3.8, 4) is 0 Å². The third-order valence-corrected chi connectivity index (χ3v) is 5.15. The summed E-state index contributed by atoms with van der Waals surface area (Å²) in [6, 6.07) is 2.19. The van der Waals surface area contributed by atoms with Crippen LogP contribution in [0.3, 0.4) is 0 Å². The average Bonchev–Trinajstić information content (AvgIpc) is 2.58. The van der Waals surface area contributed by atoms with Crippen LogP contribution < -0.4 is 5.32 Å². The van der Waals surface area contributed by atoms with Crippen LogP contribution in [0.5, 0.6) is 0 Å². The molecule has 1 amide bonds. The number of aryl methyl sites for hydroxylation is 1. The maximum absolute atomic E-state index is 11.9. The lowest BCUT2D eigenvalue weighted by atomic mass is 10.2. The molecule has 0 saturated heterocycles. The molecular weight excluding hydrogens is 306 g/mol. The molecule has 90 valence electrons. The average molecular weight is 322 g/mol. The summed E-state index contributed by atoms with van der Waals surface area (Å²) in [7, 11) is 0. The van der Waals surface area contributed by atoms with Crippen LogP contribution in [0.15, 0.2) is 9.85 Å². The lowest BCUT2D eigenvalue weighted by molar-refractivity contribution is 0.0944. The maximum atomic E-state index is 11.9. The summed E-state index contributed by atoms with van der Waals surface area (Å²) >= 11 is 6.68. The molecule has 0 aliphatic rings. The molecule has 16 heavy (non-hydrogen) atoms. The minimum atomic E-state index is 0.0414. The van der Waals surface area contributed by atoms with Crippen LogP contribution in [0.25, 0.3) is 0 Å². The Morgan fingerprint density at radius 2 is 2.38 bits per heavy atom. The maximum Gasteiger partial charge on any atom is 0.261 e. The number of hydrogen-bond acceptors (Lipinski definition) is 3. The van der Waals surface area contributed by atoms with Gasteiger partial charge < -0.3 is 5.32 Å². The van der Waals surface area contributed by atoms with Gasteiger partial charge in [-0.25, -0.2) is 0 Å². The summed E-state index contributed by atoms with van der Waals surface area (Å²) in [5.74, 6) is 1.01. The van der Waals surface area contributed by atoms with Gasteiger partial charge in [-0.2, -0.15) is 11.8 Å². The minimum absolute atomic E-state index is 0.0414. The Morgan fingerprint density at radius 1 is 1.69 bits per heavy atom. The summed E-state index contributed by atoms with van der Waals surface area (Å²) in [4.78, 5) is 12.7. The third kappa shape index (κ3) is 3.79. The second kappa shape index (κ2) is 6.67. The van der Waals surface area contributed by atoms with Crippen LogP contribution in [0.4, 0.5) is 0 Å². The lowest BCUT2D eigenvalue weighted by Gasteiger charge is -2.14. The van der Waals surface area contributed by atoms with Gasteiger partial charge in [-0.05, 0) is 47.2 Å². The number of hydrogen-bond donors (Lipinski definition) is 1. The summed E-state index contributed by atoms with van der Waals surface area (Å²) in [6.07, 6.45) is 3.03. The van der Waals surface area contributed by atoms with E-state index in [0.29, 0.717) is 0 Å². The van der Waals surface area contributed by atoms with Crippen molar-refractivity contribution >= 4 is 44.9 Å². The smallest absolute Gasteiger partial charge is 0.261 e. The predicted octanol–water partition coefficient (Wildman–Crippen LogP) is 3.69. The van der Waals surface area contributed by atoms with E-state index in [0.717, 1.165) is 26.4 Å². The Labute approximate surface area is 113 Å². The van der Waals surface area contributed by atoms with E-state index < -0.39 is 0 Å². The molecule has 0 spiro atoms. The van der Waals surface area contributed by atoms with E-state index >= 15 is 0 Å². The Hall–Kier alpha value is -0.0000000000000000833. The number of carbonyl (C=O) groups excluding carboxylic acids is 1. The summed E-state index contributed by atoms with van der Waals surface area (Å²) < 4.78 is 1.04. The molecular formula is C11H16BrNOS2. The number of rotatable bonds is 5. The van der Waals surface area contributed by atoms with Crippen LogP contribution in [0, 0.1) is 6.92 Å². The molecule has 0 radical (unpaired) electrons. The summed E-state index contributed by atoms with van der Waals surface area (Å²) in [5, 5.41) is 3.05. The van der Waals surface area contributed by atoms with Crippen molar-refractivity contribution < 1.29 is 4.79 Å². The zero-order chi connectivity index (χ0) is 12.1. The molecule has 1 unspecified atom stereocenters. The van der Waals surface area contributed by atoms with Crippen molar-refractivity contribution in [2.45, 2.75) is 26.3 Å².